The largest absolute Gasteiger partial charge is 0.376 e. The zero-order chi connectivity index (χ0) is 14.3. The van der Waals surface area contributed by atoms with E-state index < -0.39 is 0 Å². The third-order valence-corrected chi connectivity index (χ3v) is 3.38. The van der Waals surface area contributed by atoms with Crippen molar-refractivity contribution in [3.63, 3.8) is 0 Å². The molecule has 0 saturated carbocycles. The van der Waals surface area contributed by atoms with E-state index in [4.69, 9.17) is 5.73 Å². The van der Waals surface area contributed by atoms with Crippen LogP contribution in [0.2, 0.25) is 0 Å². The average molecular weight is 267 g/mol. The first kappa shape index (κ1) is 12.5. The van der Waals surface area contributed by atoms with E-state index in [1.165, 1.54) is 0 Å². The minimum atomic E-state index is 0.455. The molecule has 20 heavy (non-hydrogen) atoms. The molecule has 5 heteroatoms. The van der Waals surface area contributed by atoms with Crippen molar-refractivity contribution in [1.82, 2.24) is 14.5 Å². The van der Waals surface area contributed by atoms with Crippen molar-refractivity contribution in [3.05, 3.63) is 42.1 Å². The maximum atomic E-state index is 6.12. The fourth-order valence-electron chi connectivity index (χ4n) is 2.38. The van der Waals surface area contributed by atoms with E-state index in [1.807, 2.05) is 49.9 Å². The molecule has 0 aliphatic carbocycles. The first-order chi connectivity index (χ1) is 9.59. The highest BCUT2D eigenvalue weighted by Crippen LogP contribution is 2.29. The van der Waals surface area contributed by atoms with Crippen molar-refractivity contribution in [1.29, 1.82) is 0 Å². The molecule has 0 amide bonds. The molecule has 0 aliphatic heterocycles. The number of aromatic nitrogens is 3. The first-order valence-corrected chi connectivity index (χ1v) is 6.46. The lowest BCUT2D eigenvalue weighted by Gasteiger charge is -2.18. The molecule has 0 bridgehead atoms. The fraction of sp³-hybridized carbons (Fsp3) is 0.200. The average Bonchev–Trinajstić information content (AvgIpc) is 2.76. The summed E-state index contributed by atoms with van der Waals surface area (Å²) in [6.45, 7) is 2.01. The molecule has 2 heterocycles. The smallest absolute Gasteiger partial charge is 0.207 e. The number of anilines is 2. The van der Waals surface area contributed by atoms with Crippen LogP contribution in [0, 0.1) is 6.92 Å². The topological polar surface area (TPSA) is 60.0 Å². The highest BCUT2D eigenvalue weighted by molar-refractivity contribution is 5.82. The van der Waals surface area contributed by atoms with E-state index in [0.29, 0.717) is 5.95 Å². The zero-order valence-electron chi connectivity index (χ0n) is 11.8. The first-order valence-electron chi connectivity index (χ1n) is 6.46. The second-order valence-corrected chi connectivity index (χ2v) is 4.99. The third-order valence-electron chi connectivity index (χ3n) is 3.38. The van der Waals surface area contributed by atoms with E-state index >= 15 is 0 Å². The van der Waals surface area contributed by atoms with Crippen LogP contribution in [0.3, 0.4) is 0 Å². The summed E-state index contributed by atoms with van der Waals surface area (Å²) in [6.07, 6.45) is 1.79. The summed E-state index contributed by atoms with van der Waals surface area (Å²) < 4.78 is 1.90. The van der Waals surface area contributed by atoms with Crippen LogP contribution < -0.4 is 10.6 Å². The summed E-state index contributed by atoms with van der Waals surface area (Å²) >= 11 is 0. The molecule has 0 fully saturated rings. The highest BCUT2D eigenvalue weighted by atomic mass is 15.2. The summed E-state index contributed by atoms with van der Waals surface area (Å²) in [7, 11) is 4.01. The van der Waals surface area contributed by atoms with Crippen molar-refractivity contribution in [2.24, 2.45) is 0 Å². The predicted octanol–water partition coefficient (Wildman–Crippen LogP) is 2.38. The lowest BCUT2D eigenvalue weighted by molar-refractivity contribution is 1.04. The maximum Gasteiger partial charge on any atom is 0.207 e. The van der Waals surface area contributed by atoms with E-state index in [2.05, 4.69) is 20.9 Å². The summed E-state index contributed by atoms with van der Waals surface area (Å²) in [6, 6.07) is 10.0. The van der Waals surface area contributed by atoms with Crippen LogP contribution in [0.1, 0.15) is 5.56 Å². The molecule has 3 aromatic rings. The van der Waals surface area contributed by atoms with Crippen LogP contribution in [0.25, 0.3) is 16.9 Å². The van der Waals surface area contributed by atoms with Gasteiger partial charge in [-0.1, -0.05) is 12.1 Å². The van der Waals surface area contributed by atoms with Crippen molar-refractivity contribution in [2.75, 3.05) is 24.7 Å². The molecule has 2 aromatic heterocycles. The summed E-state index contributed by atoms with van der Waals surface area (Å²) in [5.74, 6) is 0.455. The minimum absolute atomic E-state index is 0.455. The summed E-state index contributed by atoms with van der Waals surface area (Å²) in [5, 5.41) is 0. The van der Waals surface area contributed by atoms with Crippen LogP contribution >= 0.6 is 0 Å². The Balaban J connectivity index is 2.36. The molecule has 0 saturated heterocycles. The van der Waals surface area contributed by atoms with Gasteiger partial charge in [-0.05, 0) is 30.7 Å². The number of imidazole rings is 1. The highest BCUT2D eigenvalue weighted by Gasteiger charge is 2.15. The van der Waals surface area contributed by atoms with Crippen LogP contribution in [-0.4, -0.2) is 28.6 Å². The molecule has 1 aromatic carbocycles. The van der Waals surface area contributed by atoms with Crippen molar-refractivity contribution in [2.45, 2.75) is 6.92 Å². The molecule has 0 unspecified atom stereocenters. The Morgan fingerprint density at radius 2 is 1.90 bits per heavy atom. The van der Waals surface area contributed by atoms with E-state index in [9.17, 15) is 0 Å². The Kier molecular flexibility index (Phi) is 2.82. The third kappa shape index (κ3) is 1.79. The quantitative estimate of drug-likeness (QED) is 0.774. The molecule has 5 nitrogen and oxygen atoms in total. The minimum Gasteiger partial charge on any atom is -0.376 e. The van der Waals surface area contributed by atoms with Gasteiger partial charge in [0, 0.05) is 20.3 Å². The number of aryl methyl sites for hydroxylation is 1. The van der Waals surface area contributed by atoms with Crippen molar-refractivity contribution >= 4 is 22.8 Å². The number of fused-ring (bicyclic) bond motifs is 1. The molecule has 0 aliphatic rings. The number of nitrogen functional groups attached to an aromatic ring is 1. The van der Waals surface area contributed by atoms with Gasteiger partial charge >= 0.3 is 0 Å². The Labute approximate surface area is 117 Å². The van der Waals surface area contributed by atoms with Crippen LogP contribution in [0.5, 0.6) is 0 Å². The second kappa shape index (κ2) is 4.52. The molecule has 0 atom stereocenters. The summed E-state index contributed by atoms with van der Waals surface area (Å²) in [4.78, 5) is 10.9. The second-order valence-electron chi connectivity index (χ2n) is 4.99. The van der Waals surface area contributed by atoms with E-state index in [-0.39, 0.29) is 0 Å². The van der Waals surface area contributed by atoms with Gasteiger partial charge in [-0.3, -0.25) is 4.57 Å². The molecule has 0 spiro atoms. The Hall–Kier alpha value is -2.56. The van der Waals surface area contributed by atoms with E-state index in [0.717, 1.165) is 28.1 Å². The molecule has 102 valence electrons. The van der Waals surface area contributed by atoms with Gasteiger partial charge in [-0.2, -0.15) is 0 Å². The zero-order valence-corrected chi connectivity index (χ0v) is 11.8. The van der Waals surface area contributed by atoms with E-state index in [1.54, 1.807) is 6.20 Å². The summed E-state index contributed by atoms with van der Waals surface area (Å²) in [5.41, 5.74) is 10.9. The molecule has 2 N–H and O–H groups in total. The Morgan fingerprint density at radius 1 is 1.15 bits per heavy atom. The van der Waals surface area contributed by atoms with Crippen LogP contribution in [0.15, 0.2) is 36.5 Å². The number of benzene rings is 1. The number of para-hydroxylation sites is 2. The van der Waals surface area contributed by atoms with Gasteiger partial charge in [-0.25, -0.2) is 9.97 Å². The standard InChI is InChI=1S/C15H17N5/c1-10-8-9-17-14-13(10)18-15(16)20(14)12-7-5-4-6-11(12)19(2)3/h4-9H,1-3H3,(H2,16,18). The monoisotopic (exact) mass is 267 g/mol. The molecule has 3 rings (SSSR count). The van der Waals surface area contributed by atoms with Crippen molar-refractivity contribution in [3.8, 4) is 5.69 Å². The van der Waals surface area contributed by atoms with Crippen molar-refractivity contribution < 1.29 is 0 Å². The number of pyridine rings is 1. The van der Waals surface area contributed by atoms with Gasteiger partial charge in [0.1, 0.15) is 5.52 Å². The molecular formula is C15H17N5. The number of hydrogen-bond acceptors (Lipinski definition) is 4. The van der Waals surface area contributed by atoms with Crippen LogP contribution in [0.4, 0.5) is 11.6 Å². The maximum absolute atomic E-state index is 6.12. The molecular weight excluding hydrogens is 250 g/mol. The SMILES string of the molecule is Cc1ccnc2c1nc(N)n2-c1ccccc1N(C)C. The van der Waals surface area contributed by atoms with Crippen LogP contribution in [-0.2, 0) is 0 Å². The number of rotatable bonds is 2. The predicted molar refractivity (Wildman–Crippen MR) is 82.3 cm³/mol. The van der Waals surface area contributed by atoms with Gasteiger partial charge in [-0.15, -0.1) is 0 Å². The van der Waals surface area contributed by atoms with Gasteiger partial charge < -0.3 is 10.6 Å². The van der Waals surface area contributed by atoms with Gasteiger partial charge in [0.25, 0.3) is 0 Å². The Morgan fingerprint density at radius 3 is 2.65 bits per heavy atom. The number of nitrogens with two attached hydrogens (primary N) is 1. The molecule has 0 radical (unpaired) electrons. The lowest BCUT2D eigenvalue weighted by atomic mass is 10.2. The number of hydrogen-bond donors (Lipinski definition) is 1. The van der Waals surface area contributed by atoms with Gasteiger partial charge in [0.2, 0.25) is 5.95 Å². The van der Waals surface area contributed by atoms with Gasteiger partial charge in [0.05, 0.1) is 11.4 Å². The number of nitrogens with zero attached hydrogens (tertiary/aromatic N) is 4. The Bertz CT molecular complexity index is 773. The lowest BCUT2D eigenvalue weighted by Crippen LogP contribution is -2.13. The fourth-order valence-corrected chi connectivity index (χ4v) is 2.38. The normalized spacial score (nSPS) is 10.9. The van der Waals surface area contributed by atoms with Gasteiger partial charge in [0.15, 0.2) is 5.65 Å².